The Labute approximate surface area is 69.0 Å². The molecule has 2 nitrogen and oxygen atoms in total. The zero-order valence-electron chi connectivity index (χ0n) is 7.27. The van der Waals surface area contributed by atoms with Gasteiger partial charge in [-0.1, -0.05) is 19.8 Å². The molecule has 0 aliphatic carbocycles. The van der Waals surface area contributed by atoms with Crippen LogP contribution < -0.4 is 5.32 Å². The smallest absolute Gasteiger partial charge is 0.0675 e. The van der Waals surface area contributed by atoms with Gasteiger partial charge in [-0.05, 0) is 25.8 Å². The number of unbranched alkanes of at least 4 members (excludes halogenated alkanes) is 1. The highest BCUT2D eigenvalue weighted by atomic mass is 16.3. The Morgan fingerprint density at radius 3 is 3.00 bits per heavy atom. The molecule has 11 heavy (non-hydrogen) atoms. The molecule has 0 aromatic heterocycles. The second-order valence-electron chi connectivity index (χ2n) is 3.44. The minimum Gasteiger partial charge on any atom is -0.390 e. The van der Waals surface area contributed by atoms with Crippen LogP contribution in [0, 0.1) is 6.54 Å². The van der Waals surface area contributed by atoms with Crippen LogP contribution >= 0.6 is 0 Å². The number of aliphatic hydroxyl groups is 1. The molecular weight excluding hydrogens is 138 g/mol. The van der Waals surface area contributed by atoms with Crippen LogP contribution in [-0.4, -0.2) is 17.3 Å². The average Bonchev–Trinajstić information content (AvgIpc) is 2.03. The summed E-state index contributed by atoms with van der Waals surface area (Å²) in [6, 6.07) is 0. The van der Waals surface area contributed by atoms with Crippen LogP contribution in [0.3, 0.4) is 0 Å². The second-order valence-corrected chi connectivity index (χ2v) is 3.44. The van der Waals surface area contributed by atoms with Crippen molar-refractivity contribution in [3.8, 4) is 0 Å². The summed E-state index contributed by atoms with van der Waals surface area (Å²) >= 11 is 0. The fourth-order valence-electron chi connectivity index (χ4n) is 1.50. The minimum atomic E-state index is -0.388. The maximum atomic E-state index is 9.93. The van der Waals surface area contributed by atoms with E-state index < -0.39 is 0 Å². The van der Waals surface area contributed by atoms with Gasteiger partial charge >= 0.3 is 0 Å². The van der Waals surface area contributed by atoms with E-state index in [-0.39, 0.29) is 5.60 Å². The number of rotatable bonds is 3. The van der Waals surface area contributed by atoms with Crippen molar-refractivity contribution in [1.82, 2.24) is 5.32 Å². The molecule has 1 aliphatic heterocycles. The van der Waals surface area contributed by atoms with Gasteiger partial charge in [0.25, 0.3) is 0 Å². The standard InChI is InChI=1S/C9H18NO/c1-2-3-4-9(11)5-7-10-8-6-9/h7,10-11H,2-6,8H2,1H3. The second kappa shape index (κ2) is 4.07. The van der Waals surface area contributed by atoms with Gasteiger partial charge < -0.3 is 10.4 Å². The van der Waals surface area contributed by atoms with Crippen LogP contribution in [0.1, 0.15) is 39.0 Å². The van der Waals surface area contributed by atoms with Crippen LogP contribution in [0.25, 0.3) is 0 Å². The monoisotopic (exact) mass is 156 g/mol. The molecule has 0 aromatic carbocycles. The van der Waals surface area contributed by atoms with Crippen LogP contribution in [0.4, 0.5) is 0 Å². The van der Waals surface area contributed by atoms with E-state index in [0.717, 1.165) is 32.2 Å². The Morgan fingerprint density at radius 1 is 1.64 bits per heavy atom. The van der Waals surface area contributed by atoms with Gasteiger partial charge in [0, 0.05) is 6.54 Å². The Balaban J connectivity index is 2.25. The molecule has 1 aliphatic rings. The fraction of sp³-hybridized carbons (Fsp3) is 0.889. The summed E-state index contributed by atoms with van der Waals surface area (Å²) < 4.78 is 0. The lowest BCUT2D eigenvalue weighted by atomic mass is 9.87. The van der Waals surface area contributed by atoms with Crippen LogP contribution in [-0.2, 0) is 0 Å². The lowest BCUT2D eigenvalue weighted by Gasteiger charge is -2.32. The summed E-state index contributed by atoms with van der Waals surface area (Å²) in [5, 5.41) is 13.1. The molecule has 1 rings (SSSR count). The predicted molar refractivity (Wildman–Crippen MR) is 46.0 cm³/mol. The highest BCUT2D eigenvalue weighted by Crippen LogP contribution is 2.25. The van der Waals surface area contributed by atoms with E-state index in [1.54, 1.807) is 0 Å². The van der Waals surface area contributed by atoms with Gasteiger partial charge in [-0.15, -0.1) is 0 Å². The van der Waals surface area contributed by atoms with Crippen molar-refractivity contribution in [3.63, 3.8) is 0 Å². The number of hydrogen-bond donors (Lipinski definition) is 2. The summed E-state index contributed by atoms with van der Waals surface area (Å²) in [5.74, 6) is 0. The molecule has 1 radical (unpaired) electrons. The van der Waals surface area contributed by atoms with E-state index in [0.29, 0.717) is 0 Å². The maximum absolute atomic E-state index is 9.93. The van der Waals surface area contributed by atoms with Gasteiger partial charge in [-0.3, -0.25) is 0 Å². The first-order valence-electron chi connectivity index (χ1n) is 4.54. The molecule has 1 atom stereocenters. The molecule has 0 spiro atoms. The molecule has 0 amide bonds. The number of piperidine rings is 1. The summed E-state index contributed by atoms with van der Waals surface area (Å²) in [7, 11) is 0. The lowest BCUT2D eigenvalue weighted by molar-refractivity contribution is 0.00926. The van der Waals surface area contributed by atoms with Crippen molar-refractivity contribution in [2.24, 2.45) is 0 Å². The molecule has 1 saturated heterocycles. The van der Waals surface area contributed by atoms with Gasteiger partial charge in [0.15, 0.2) is 0 Å². The van der Waals surface area contributed by atoms with Gasteiger partial charge in [0.2, 0.25) is 0 Å². The zero-order valence-corrected chi connectivity index (χ0v) is 7.27. The molecule has 1 unspecified atom stereocenters. The molecule has 0 bridgehead atoms. The van der Waals surface area contributed by atoms with E-state index in [2.05, 4.69) is 12.2 Å². The average molecular weight is 156 g/mol. The molecule has 0 saturated carbocycles. The van der Waals surface area contributed by atoms with Crippen molar-refractivity contribution in [2.75, 3.05) is 6.54 Å². The molecule has 0 aromatic rings. The third kappa shape index (κ3) is 2.80. The van der Waals surface area contributed by atoms with Crippen molar-refractivity contribution < 1.29 is 5.11 Å². The molecule has 1 heterocycles. The van der Waals surface area contributed by atoms with Gasteiger partial charge in [-0.25, -0.2) is 0 Å². The van der Waals surface area contributed by atoms with Gasteiger partial charge in [0.05, 0.1) is 5.60 Å². The third-order valence-electron chi connectivity index (χ3n) is 2.36. The van der Waals surface area contributed by atoms with Crippen molar-refractivity contribution in [3.05, 3.63) is 6.54 Å². The summed E-state index contributed by atoms with van der Waals surface area (Å²) in [4.78, 5) is 0. The molecule has 2 N–H and O–H groups in total. The Morgan fingerprint density at radius 2 is 2.45 bits per heavy atom. The van der Waals surface area contributed by atoms with E-state index in [1.807, 2.05) is 6.54 Å². The van der Waals surface area contributed by atoms with E-state index >= 15 is 0 Å². The van der Waals surface area contributed by atoms with E-state index in [4.69, 9.17) is 0 Å². The lowest BCUT2D eigenvalue weighted by Crippen LogP contribution is -2.39. The third-order valence-corrected chi connectivity index (χ3v) is 2.36. The van der Waals surface area contributed by atoms with Crippen molar-refractivity contribution in [2.45, 2.75) is 44.6 Å². The Kier molecular flexibility index (Phi) is 3.34. The molecule has 1 fully saturated rings. The minimum absolute atomic E-state index is 0.388. The first kappa shape index (κ1) is 9.01. The number of nitrogens with one attached hydrogen (secondary N) is 1. The quantitative estimate of drug-likeness (QED) is 0.648. The normalized spacial score (nSPS) is 23.5. The maximum Gasteiger partial charge on any atom is 0.0675 e. The SMILES string of the molecule is CCCCC1(O)C[CH]NCC1. The first-order chi connectivity index (χ1) is 5.27. The first-order valence-corrected chi connectivity index (χ1v) is 4.54. The van der Waals surface area contributed by atoms with Crippen LogP contribution in [0.2, 0.25) is 0 Å². The highest BCUT2D eigenvalue weighted by Gasteiger charge is 2.27. The number of hydrogen-bond acceptors (Lipinski definition) is 2. The Hall–Kier alpha value is -0.0800. The molecule has 2 heteroatoms. The largest absolute Gasteiger partial charge is 0.390 e. The van der Waals surface area contributed by atoms with Crippen molar-refractivity contribution >= 4 is 0 Å². The topological polar surface area (TPSA) is 32.3 Å². The fourth-order valence-corrected chi connectivity index (χ4v) is 1.50. The van der Waals surface area contributed by atoms with Crippen LogP contribution in [0.15, 0.2) is 0 Å². The predicted octanol–water partition coefficient (Wildman–Crippen LogP) is 1.45. The van der Waals surface area contributed by atoms with Crippen molar-refractivity contribution in [1.29, 1.82) is 0 Å². The molecular formula is C9H18NO. The van der Waals surface area contributed by atoms with E-state index in [1.165, 1.54) is 6.42 Å². The van der Waals surface area contributed by atoms with Gasteiger partial charge in [0.1, 0.15) is 0 Å². The summed E-state index contributed by atoms with van der Waals surface area (Å²) in [5.41, 5.74) is -0.388. The Bertz CT molecular complexity index is 108. The van der Waals surface area contributed by atoms with Crippen LogP contribution in [0.5, 0.6) is 0 Å². The summed E-state index contributed by atoms with van der Waals surface area (Å²) in [6.45, 7) is 5.08. The van der Waals surface area contributed by atoms with E-state index in [9.17, 15) is 5.11 Å². The zero-order chi connectivity index (χ0) is 8.16. The van der Waals surface area contributed by atoms with Gasteiger partial charge in [-0.2, -0.15) is 0 Å². The summed E-state index contributed by atoms with van der Waals surface area (Å²) in [6.07, 6.45) is 5.00. The molecule has 65 valence electrons. The highest BCUT2D eigenvalue weighted by molar-refractivity contribution is 4.89.